The molecule has 1 fully saturated rings. The lowest BCUT2D eigenvalue weighted by Gasteiger charge is -2.12. The number of carboxylic acid groups (broad SMARTS) is 1. The van der Waals surface area contributed by atoms with E-state index < -0.39 is 5.97 Å². The smallest absolute Gasteiger partial charge is 0.315 e. The number of nitrogens with one attached hydrogen (secondary N) is 3. The predicted molar refractivity (Wildman–Crippen MR) is 69.1 cm³/mol. The van der Waals surface area contributed by atoms with Crippen LogP contribution >= 0.6 is 11.3 Å². The third kappa shape index (κ3) is 3.82. The Morgan fingerprint density at radius 3 is 2.84 bits per heavy atom. The second-order valence-corrected chi connectivity index (χ2v) is 5.39. The molecule has 2 amide bonds. The van der Waals surface area contributed by atoms with Crippen molar-refractivity contribution in [1.82, 2.24) is 15.6 Å². The molecule has 0 saturated heterocycles. The summed E-state index contributed by atoms with van der Waals surface area (Å²) in [7, 11) is 0. The van der Waals surface area contributed by atoms with Crippen molar-refractivity contribution in [3.8, 4) is 0 Å². The molecule has 1 heterocycles. The molecule has 0 bridgehead atoms. The van der Waals surface area contributed by atoms with E-state index in [-0.39, 0.29) is 29.4 Å². The summed E-state index contributed by atoms with van der Waals surface area (Å²) in [4.78, 5) is 35.7. The maximum absolute atomic E-state index is 11.6. The quantitative estimate of drug-likeness (QED) is 0.645. The Morgan fingerprint density at radius 2 is 2.26 bits per heavy atom. The Morgan fingerprint density at radius 1 is 1.47 bits per heavy atom. The molecule has 0 radical (unpaired) electrons. The summed E-state index contributed by atoms with van der Waals surface area (Å²) in [6.45, 7) is 0.250. The van der Waals surface area contributed by atoms with Crippen molar-refractivity contribution in [2.75, 3.05) is 0 Å². The molecule has 1 aliphatic rings. The van der Waals surface area contributed by atoms with Crippen LogP contribution < -0.4 is 15.5 Å². The summed E-state index contributed by atoms with van der Waals surface area (Å²) in [5, 5.41) is 15.9. The summed E-state index contributed by atoms with van der Waals surface area (Å²) in [5.74, 6) is -1.17. The summed E-state index contributed by atoms with van der Waals surface area (Å²) in [6.07, 6.45) is 1.75. The molecule has 1 aliphatic carbocycles. The second kappa shape index (κ2) is 5.87. The van der Waals surface area contributed by atoms with Gasteiger partial charge in [0.05, 0.1) is 12.5 Å². The maximum Gasteiger partial charge on any atom is 0.315 e. The molecule has 19 heavy (non-hydrogen) atoms. The highest BCUT2D eigenvalue weighted by atomic mass is 32.1. The van der Waals surface area contributed by atoms with Gasteiger partial charge in [-0.15, -0.1) is 0 Å². The number of rotatable bonds is 4. The van der Waals surface area contributed by atoms with Gasteiger partial charge < -0.3 is 20.7 Å². The minimum atomic E-state index is -0.805. The van der Waals surface area contributed by atoms with Crippen molar-refractivity contribution in [2.24, 2.45) is 5.92 Å². The number of aromatic amines is 1. The highest BCUT2D eigenvalue weighted by Gasteiger charge is 2.30. The Kier molecular flexibility index (Phi) is 4.20. The van der Waals surface area contributed by atoms with Crippen molar-refractivity contribution in [3.05, 3.63) is 20.7 Å². The molecule has 2 atom stereocenters. The van der Waals surface area contributed by atoms with Gasteiger partial charge in [0, 0.05) is 17.1 Å². The Labute approximate surface area is 113 Å². The number of urea groups is 1. The van der Waals surface area contributed by atoms with Gasteiger partial charge in [-0.05, 0) is 19.3 Å². The molecule has 104 valence electrons. The van der Waals surface area contributed by atoms with E-state index >= 15 is 0 Å². The zero-order chi connectivity index (χ0) is 13.8. The van der Waals surface area contributed by atoms with E-state index in [1.54, 1.807) is 5.38 Å². The monoisotopic (exact) mass is 285 g/mol. The van der Waals surface area contributed by atoms with Crippen LogP contribution in [0, 0.1) is 5.92 Å². The van der Waals surface area contributed by atoms with E-state index in [0.29, 0.717) is 25.0 Å². The molecule has 1 aromatic rings. The summed E-state index contributed by atoms with van der Waals surface area (Å²) < 4.78 is 0. The van der Waals surface area contributed by atoms with Crippen molar-refractivity contribution < 1.29 is 14.7 Å². The lowest BCUT2D eigenvalue weighted by atomic mass is 10.1. The number of carbonyl (C=O) groups is 2. The number of hydrogen-bond acceptors (Lipinski definition) is 4. The number of H-pyrrole nitrogens is 1. The molecule has 1 saturated carbocycles. The van der Waals surface area contributed by atoms with E-state index in [0.717, 1.165) is 11.3 Å². The SMILES string of the molecule is O=C(NCc1csc(=O)[nH]1)NC1CCC(C(=O)O)C1. The number of amides is 2. The lowest BCUT2D eigenvalue weighted by molar-refractivity contribution is -0.141. The minimum Gasteiger partial charge on any atom is -0.481 e. The van der Waals surface area contributed by atoms with Crippen LogP contribution in [0.1, 0.15) is 25.0 Å². The van der Waals surface area contributed by atoms with Crippen LogP contribution in [-0.4, -0.2) is 28.1 Å². The number of aromatic nitrogens is 1. The fourth-order valence-corrected chi connectivity index (χ4v) is 2.73. The highest BCUT2D eigenvalue weighted by Crippen LogP contribution is 2.25. The van der Waals surface area contributed by atoms with E-state index in [9.17, 15) is 14.4 Å². The van der Waals surface area contributed by atoms with Gasteiger partial charge in [0.1, 0.15) is 0 Å². The first-order chi connectivity index (χ1) is 9.04. The zero-order valence-corrected chi connectivity index (χ0v) is 11.0. The number of carbonyl (C=O) groups excluding carboxylic acids is 1. The zero-order valence-electron chi connectivity index (χ0n) is 10.1. The van der Waals surface area contributed by atoms with Crippen LogP contribution in [0.4, 0.5) is 4.79 Å². The third-order valence-electron chi connectivity index (χ3n) is 3.13. The van der Waals surface area contributed by atoms with Crippen molar-refractivity contribution >= 4 is 23.3 Å². The summed E-state index contributed by atoms with van der Waals surface area (Å²) >= 11 is 1.04. The number of hydrogen-bond donors (Lipinski definition) is 4. The Hall–Kier alpha value is -1.83. The van der Waals surface area contributed by atoms with Gasteiger partial charge in [-0.2, -0.15) is 0 Å². The van der Waals surface area contributed by atoms with Crippen LogP contribution in [0.15, 0.2) is 10.2 Å². The van der Waals surface area contributed by atoms with Gasteiger partial charge in [-0.25, -0.2) is 4.79 Å². The normalized spacial score (nSPS) is 22.1. The van der Waals surface area contributed by atoms with Gasteiger partial charge >= 0.3 is 16.9 Å². The molecule has 2 rings (SSSR count). The van der Waals surface area contributed by atoms with E-state index in [2.05, 4.69) is 15.6 Å². The largest absolute Gasteiger partial charge is 0.481 e. The van der Waals surface area contributed by atoms with Crippen LogP contribution in [0.25, 0.3) is 0 Å². The average Bonchev–Trinajstić information content (AvgIpc) is 2.96. The Bertz CT molecular complexity index is 524. The average molecular weight is 285 g/mol. The summed E-state index contributed by atoms with van der Waals surface area (Å²) in [6, 6.07) is -0.439. The minimum absolute atomic E-state index is 0.0948. The molecule has 0 spiro atoms. The van der Waals surface area contributed by atoms with Crippen molar-refractivity contribution in [3.63, 3.8) is 0 Å². The van der Waals surface area contributed by atoms with E-state index in [4.69, 9.17) is 5.11 Å². The van der Waals surface area contributed by atoms with Crippen LogP contribution in [0.5, 0.6) is 0 Å². The molecule has 8 heteroatoms. The highest BCUT2D eigenvalue weighted by molar-refractivity contribution is 7.07. The molecule has 2 unspecified atom stereocenters. The first kappa shape index (κ1) is 13.6. The van der Waals surface area contributed by atoms with Gasteiger partial charge in [-0.1, -0.05) is 11.3 Å². The van der Waals surface area contributed by atoms with Gasteiger partial charge in [-0.3, -0.25) is 9.59 Å². The van der Waals surface area contributed by atoms with Gasteiger partial charge in [0.15, 0.2) is 0 Å². The van der Waals surface area contributed by atoms with E-state index in [1.807, 2.05) is 0 Å². The molecule has 1 aromatic heterocycles. The topological polar surface area (TPSA) is 111 Å². The molecular weight excluding hydrogens is 270 g/mol. The van der Waals surface area contributed by atoms with E-state index in [1.165, 1.54) is 0 Å². The molecule has 0 aliphatic heterocycles. The fourth-order valence-electron chi connectivity index (χ4n) is 2.15. The lowest BCUT2D eigenvalue weighted by Crippen LogP contribution is -2.41. The molecule has 4 N–H and O–H groups in total. The maximum atomic E-state index is 11.6. The van der Waals surface area contributed by atoms with Gasteiger partial charge in [0.25, 0.3) is 0 Å². The predicted octanol–water partition coefficient (Wildman–Crippen LogP) is 0.489. The second-order valence-electron chi connectivity index (χ2n) is 4.55. The van der Waals surface area contributed by atoms with Crippen LogP contribution in [-0.2, 0) is 11.3 Å². The van der Waals surface area contributed by atoms with Gasteiger partial charge in [0.2, 0.25) is 0 Å². The first-order valence-electron chi connectivity index (χ1n) is 5.98. The number of aliphatic carboxylic acids is 1. The third-order valence-corrected chi connectivity index (χ3v) is 3.85. The standard InChI is InChI=1S/C11H15N3O4S/c15-9(16)6-1-2-7(3-6)13-10(17)12-4-8-5-19-11(18)14-8/h5-7H,1-4H2,(H,14,18)(H,15,16)(H2,12,13,17). The molecule has 0 aromatic carbocycles. The van der Waals surface area contributed by atoms with Crippen molar-refractivity contribution in [2.45, 2.75) is 31.8 Å². The Balaban J connectivity index is 1.73. The number of thiazole rings is 1. The molecule has 7 nitrogen and oxygen atoms in total. The van der Waals surface area contributed by atoms with Crippen LogP contribution in [0.3, 0.4) is 0 Å². The first-order valence-corrected chi connectivity index (χ1v) is 6.86. The molecular formula is C11H15N3O4S. The summed E-state index contributed by atoms with van der Waals surface area (Å²) in [5.41, 5.74) is 0.653. The van der Waals surface area contributed by atoms with Crippen molar-refractivity contribution in [1.29, 1.82) is 0 Å². The van der Waals surface area contributed by atoms with Crippen LogP contribution in [0.2, 0.25) is 0 Å². The fraction of sp³-hybridized carbons (Fsp3) is 0.545. The number of carboxylic acids is 1.